The van der Waals surface area contributed by atoms with Crippen molar-refractivity contribution in [3.63, 3.8) is 0 Å². The van der Waals surface area contributed by atoms with Gasteiger partial charge >= 0.3 is 0 Å². The van der Waals surface area contributed by atoms with E-state index >= 15 is 0 Å². The molecule has 2 heteroatoms. The summed E-state index contributed by atoms with van der Waals surface area (Å²) in [5.74, 6) is 0.687. The van der Waals surface area contributed by atoms with Crippen molar-refractivity contribution in [1.29, 1.82) is 0 Å². The summed E-state index contributed by atoms with van der Waals surface area (Å²) in [6.45, 7) is 2.67. The Hall–Kier alpha value is -1.31. The van der Waals surface area contributed by atoms with Crippen LogP contribution in [0.4, 0.5) is 0 Å². The van der Waals surface area contributed by atoms with E-state index in [2.05, 4.69) is 24.2 Å². The van der Waals surface area contributed by atoms with Crippen molar-refractivity contribution < 1.29 is 4.84 Å². The first-order chi connectivity index (χ1) is 6.86. The molecule has 0 atom stereocenters. The van der Waals surface area contributed by atoms with Gasteiger partial charge in [-0.15, -0.1) is 0 Å². The van der Waals surface area contributed by atoms with Gasteiger partial charge in [-0.25, -0.2) is 0 Å². The topological polar surface area (TPSA) is 21.6 Å². The standard InChI is InChI=1S/C12H15NO/c1-10-4-2-3-5-12(10)9-14-13-8-11-6-7-11/h2-5,8,11H,6-7,9H2,1H3. The summed E-state index contributed by atoms with van der Waals surface area (Å²) >= 11 is 0. The van der Waals surface area contributed by atoms with Crippen LogP contribution in [0.15, 0.2) is 29.4 Å². The third-order valence-electron chi connectivity index (χ3n) is 2.45. The second kappa shape index (κ2) is 4.27. The molecule has 1 aromatic carbocycles. The quantitative estimate of drug-likeness (QED) is 0.527. The van der Waals surface area contributed by atoms with Gasteiger partial charge in [0, 0.05) is 6.21 Å². The van der Waals surface area contributed by atoms with Crippen LogP contribution in [0.2, 0.25) is 0 Å². The fourth-order valence-corrected chi connectivity index (χ4v) is 1.25. The lowest BCUT2D eigenvalue weighted by molar-refractivity contribution is 0.131. The van der Waals surface area contributed by atoms with Crippen molar-refractivity contribution in [1.82, 2.24) is 0 Å². The Kier molecular flexibility index (Phi) is 2.82. The summed E-state index contributed by atoms with van der Waals surface area (Å²) in [5.41, 5.74) is 2.47. The molecule has 1 aliphatic carbocycles. The molecule has 0 spiro atoms. The first-order valence-electron chi connectivity index (χ1n) is 5.06. The first kappa shape index (κ1) is 9.25. The van der Waals surface area contributed by atoms with Gasteiger partial charge in [0.2, 0.25) is 0 Å². The van der Waals surface area contributed by atoms with Gasteiger partial charge in [0.25, 0.3) is 0 Å². The Labute approximate surface area is 84.6 Å². The summed E-state index contributed by atoms with van der Waals surface area (Å²) in [6, 6.07) is 8.22. The maximum atomic E-state index is 5.22. The van der Waals surface area contributed by atoms with Crippen molar-refractivity contribution in [2.75, 3.05) is 0 Å². The fraction of sp³-hybridized carbons (Fsp3) is 0.417. The monoisotopic (exact) mass is 189 g/mol. The van der Waals surface area contributed by atoms with Crippen LogP contribution in [0.3, 0.4) is 0 Å². The molecule has 0 unspecified atom stereocenters. The lowest BCUT2D eigenvalue weighted by Crippen LogP contribution is -1.90. The number of hydrogen-bond acceptors (Lipinski definition) is 2. The lowest BCUT2D eigenvalue weighted by Gasteiger charge is -2.02. The number of nitrogens with zero attached hydrogens (tertiary/aromatic N) is 1. The van der Waals surface area contributed by atoms with E-state index in [1.54, 1.807) is 0 Å². The van der Waals surface area contributed by atoms with Gasteiger partial charge in [-0.2, -0.15) is 0 Å². The van der Waals surface area contributed by atoms with Crippen LogP contribution in [-0.4, -0.2) is 6.21 Å². The Morgan fingerprint density at radius 1 is 1.43 bits per heavy atom. The zero-order chi connectivity index (χ0) is 9.80. The number of hydrogen-bond donors (Lipinski definition) is 0. The van der Waals surface area contributed by atoms with Gasteiger partial charge in [-0.1, -0.05) is 29.4 Å². The molecule has 0 bridgehead atoms. The van der Waals surface area contributed by atoms with E-state index in [0.29, 0.717) is 12.5 Å². The predicted molar refractivity (Wildman–Crippen MR) is 57.2 cm³/mol. The highest BCUT2D eigenvalue weighted by Crippen LogP contribution is 2.26. The molecule has 0 heterocycles. The van der Waals surface area contributed by atoms with E-state index in [1.165, 1.54) is 24.0 Å². The molecule has 0 amide bonds. The van der Waals surface area contributed by atoms with Gasteiger partial charge in [0.1, 0.15) is 6.61 Å². The first-order valence-corrected chi connectivity index (χ1v) is 5.06. The minimum atomic E-state index is 0.579. The second-order valence-corrected chi connectivity index (χ2v) is 3.79. The van der Waals surface area contributed by atoms with Gasteiger partial charge in [-0.05, 0) is 36.8 Å². The highest BCUT2D eigenvalue weighted by molar-refractivity contribution is 5.62. The SMILES string of the molecule is Cc1ccccc1CON=CC1CC1. The van der Waals surface area contributed by atoms with E-state index < -0.39 is 0 Å². The van der Waals surface area contributed by atoms with Gasteiger partial charge in [0.15, 0.2) is 0 Å². The Morgan fingerprint density at radius 3 is 2.93 bits per heavy atom. The minimum Gasteiger partial charge on any atom is -0.391 e. The molecule has 0 radical (unpaired) electrons. The summed E-state index contributed by atoms with van der Waals surface area (Å²) in [5, 5.41) is 3.94. The Morgan fingerprint density at radius 2 is 2.21 bits per heavy atom. The molecule has 1 aromatic rings. The van der Waals surface area contributed by atoms with Crippen LogP contribution < -0.4 is 0 Å². The number of oxime groups is 1. The number of aryl methyl sites for hydroxylation is 1. The highest BCUT2D eigenvalue weighted by atomic mass is 16.6. The molecule has 1 fully saturated rings. The molecule has 14 heavy (non-hydrogen) atoms. The second-order valence-electron chi connectivity index (χ2n) is 3.79. The molecular weight excluding hydrogens is 174 g/mol. The van der Waals surface area contributed by atoms with Crippen molar-refractivity contribution in [2.24, 2.45) is 11.1 Å². The van der Waals surface area contributed by atoms with Gasteiger partial charge in [0.05, 0.1) is 0 Å². The smallest absolute Gasteiger partial charge is 0.142 e. The van der Waals surface area contributed by atoms with Gasteiger partial charge in [-0.3, -0.25) is 0 Å². The van der Waals surface area contributed by atoms with Crippen LogP contribution in [0, 0.1) is 12.8 Å². The van der Waals surface area contributed by atoms with Gasteiger partial charge < -0.3 is 4.84 Å². The van der Waals surface area contributed by atoms with E-state index in [-0.39, 0.29) is 0 Å². The van der Waals surface area contributed by atoms with Crippen LogP contribution in [-0.2, 0) is 11.4 Å². The fourth-order valence-electron chi connectivity index (χ4n) is 1.25. The molecule has 1 saturated carbocycles. The Balaban J connectivity index is 1.82. The maximum absolute atomic E-state index is 5.22. The van der Waals surface area contributed by atoms with Crippen LogP contribution in [0.5, 0.6) is 0 Å². The molecule has 2 rings (SSSR count). The van der Waals surface area contributed by atoms with E-state index in [0.717, 1.165) is 0 Å². The van der Waals surface area contributed by atoms with Crippen LogP contribution in [0.25, 0.3) is 0 Å². The number of benzene rings is 1. The van der Waals surface area contributed by atoms with Crippen LogP contribution in [0.1, 0.15) is 24.0 Å². The lowest BCUT2D eigenvalue weighted by atomic mass is 10.1. The van der Waals surface area contributed by atoms with Crippen molar-refractivity contribution in [3.05, 3.63) is 35.4 Å². The highest BCUT2D eigenvalue weighted by Gasteiger charge is 2.18. The molecule has 1 aliphatic rings. The van der Waals surface area contributed by atoms with Crippen LogP contribution >= 0.6 is 0 Å². The third-order valence-corrected chi connectivity index (χ3v) is 2.45. The summed E-state index contributed by atoms with van der Waals surface area (Å²) in [6.07, 6.45) is 4.47. The largest absolute Gasteiger partial charge is 0.391 e. The number of rotatable bonds is 4. The van der Waals surface area contributed by atoms with E-state index in [1.807, 2.05) is 18.3 Å². The zero-order valence-electron chi connectivity index (χ0n) is 8.44. The normalized spacial score (nSPS) is 16.1. The molecule has 2 nitrogen and oxygen atoms in total. The average Bonchev–Trinajstić information content (AvgIpc) is 2.99. The average molecular weight is 189 g/mol. The van der Waals surface area contributed by atoms with Crippen molar-refractivity contribution >= 4 is 6.21 Å². The maximum Gasteiger partial charge on any atom is 0.142 e. The summed E-state index contributed by atoms with van der Waals surface area (Å²) < 4.78 is 0. The zero-order valence-corrected chi connectivity index (χ0v) is 8.44. The van der Waals surface area contributed by atoms with E-state index in [4.69, 9.17) is 4.84 Å². The summed E-state index contributed by atoms with van der Waals surface area (Å²) in [4.78, 5) is 5.22. The molecule has 74 valence electrons. The van der Waals surface area contributed by atoms with E-state index in [9.17, 15) is 0 Å². The molecule has 0 aliphatic heterocycles. The third kappa shape index (κ3) is 2.59. The van der Waals surface area contributed by atoms with Crippen molar-refractivity contribution in [3.8, 4) is 0 Å². The molecule has 0 aromatic heterocycles. The van der Waals surface area contributed by atoms with Crippen molar-refractivity contribution in [2.45, 2.75) is 26.4 Å². The molecule has 0 N–H and O–H groups in total. The Bertz CT molecular complexity index is 329. The molecular formula is C12H15NO. The summed E-state index contributed by atoms with van der Waals surface area (Å²) in [7, 11) is 0. The predicted octanol–water partition coefficient (Wildman–Crippen LogP) is 2.91. The molecule has 0 saturated heterocycles. The minimum absolute atomic E-state index is 0.579.